The number of carbonyl (C=O) groups excluding carboxylic acids is 1. The lowest BCUT2D eigenvalue weighted by atomic mass is 10.2. The van der Waals surface area contributed by atoms with E-state index in [0.29, 0.717) is 21.4 Å². The lowest BCUT2D eigenvalue weighted by Gasteiger charge is -2.13. The Morgan fingerprint density at radius 3 is 2.76 bits per heavy atom. The summed E-state index contributed by atoms with van der Waals surface area (Å²) in [6.45, 7) is 1.77. The van der Waals surface area contributed by atoms with E-state index in [1.807, 2.05) is 14.1 Å². The van der Waals surface area contributed by atoms with Crippen molar-refractivity contribution in [3.05, 3.63) is 28.8 Å². The summed E-state index contributed by atoms with van der Waals surface area (Å²) in [5.74, 6) is -0.478. The van der Waals surface area contributed by atoms with Crippen molar-refractivity contribution < 1.29 is 9.53 Å². The quantitative estimate of drug-likeness (QED) is 0.475. The van der Waals surface area contributed by atoms with E-state index in [1.54, 1.807) is 18.2 Å². The number of benzene rings is 1. The van der Waals surface area contributed by atoms with Crippen LogP contribution in [0.25, 0.3) is 0 Å². The number of nitrogens with one attached hydrogen (secondary N) is 2. The fraction of sp³-hybridized carbons (Fsp3) is 0.429. The number of ether oxygens (including phenoxy) is 1. The zero-order chi connectivity index (χ0) is 15.8. The summed E-state index contributed by atoms with van der Waals surface area (Å²) in [4.78, 5) is 13.7. The average Bonchev–Trinajstić information content (AvgIpc) is 2.44. The molecule has 5 nitrogen and oxygen atoms in total. The van der Waals surface area contributed by atoms with Crippen LogP contribution in [0.3, 0.4) is 0 Å². The Hall–Kier alpha value is -1.37. The molecule has 0 fully saturated rings. The van der Waals surface area contributed by atoms with Gasteiger partial charge in [-0.3, -0.25) is 0 Å². The summed E-state index contributed by atoms with van der Waals surface area (Å²) in [5.41, 5.74) is 0.990. The molecule has 7 heteroatoms. The Bertz CT molecular complexity index is 509. The van der Waals surface area contributed by atoms with Crippen LogP contribution in [0.4, 0.5) is 5.69 Å². The van der Waals surface area contributed by atoms with Gasteiger partial charge < -0.3 is 20.3 Å². The molecule has 0 radical (unpaired) electrons. The lowest BCUT2D eigenvalue weighted by Crippen LogP contribution is -2.30. The molecule has 1 rings (SSSR count). The number of thiocarbonyl (C=S) groups is 1. The maximum absolute atomic E-state index is 11.6. The number of rotatable bonds is 6. The summed E-state index contributed by atoms with van der Waals surface area (Å²) in [6, 6.07) is 5.00. The molecule has 0 bridgehead atoms. The number of hydrogen-bond acceptors (Lipinski definition) is 4. The van der Waals surface area contributed by atoms with E-state index in [1.165, 1.54) is 7.11 Å². The average molecular weight is 330 g/mol. The van der Waals surface area contributed by atoms with Crippen LogP contribution in [0.15, 0.2) is 18.2 Å². The molecule has 0 amide bonds. The second kappa shape index (κ2) is 8.81. The Labute approximate surface area is 135 Å². The Morgan fingerprint density at radius 1 is 1.43 bits per heavy atom. The molecule has 0 spiro atoms. The number of methoxy groups -OCH3 is 1. The molecular weight excluding hydrogens is 310 g/mol. The minimum Gasteiger partial charge on any atom is -0.465 e. The van der Waals surface area contributed by atoms with Crippen molar-refractivity contribution in [3.63, 3.8) is 0 Å². The van der Waals surface area contributed by atoms with Gasteiger partial charge in [0.05, 0.1) is 17.7 Å². The van der Waals surface area contributed by atoms with Gasteiger partial charge in [0.1, 0.15) is 0 Å². The number of halogens is 1. The molecule has 0 aliphatic rings. The number of nitrogens with zero attached hydrogens (tertiary/aromatic N) is 1. The van der Waals surface area contributed by atoms with Crippen LogP contribution in [0.5, 0.6) is 0 Å². The minimum absolute atomic E-state index is 0.305. The molecule has 1 aromatic rings. The maximum atomic E-state index is 11.6. The maximum Gasteiger partial charge on any atom is 0.339 e. The SMILES string of the molecule is COC(=O)c1cc(NC(=S)NCCCN(C)C)ccc1Cl. The molecule has 0 aliphatic heterocycles. The van der Waals surface area contributed by atoms with Gasteiger partial charge in [0.25, 0.3) is 0 Å². The topological polar surface area (TPSA) is 53.6 Å². The van der Waals surface area contributed by atoms with E-state index in [9.17, 15) is 4.79 Å². The Morgan fingerprint density at radius 2 is 2.14 bits per heavy atom. The van der Waals surface area contributed by atoms with Gasteiger partial charge in [-0.1, -0.05) is 11.6 Å². The van der Waals surface area contributed by atoms with Gasteiger partial charge in [-0.05, 0) is 57.5 Å². The summed E-state index contributed by atoms with van der Waals surface area (Å²) in [6.07, 6.45) is 0.989. The van der Waals surface area contributed by atoms with Crippen LogP contribution in [0.2, 0.25) is 5.02 Å². The van der Waals surface area contributed by atoms with Crippen molar-refractivity contribution in [3.8, 4) is 0 Å². The van der Waals surface area contributed by atoms with E-state index in [-0.39, 0.29) is 0 Å². The van der Waals surface area contributed by atoms with Gasteiger partial charge in [0.2, 0.25) is 0 Å². The van der Waals surface area contributed by atoms with E-state index >= 15 is 0 Å². The van der Waals surface area contributed by atoms with Gasteiger partial charge in [-0.25, -0.2) is 4.79 Å². The van der Waals surface area contributed by atoms with Gasteiger partial charge in [-0.2, -0.15) is 0 Å². The molecule has 0 heterocycles. The number of anilines is 1. The molecule has 0 aliphatic carbocycles. The zero-order valence-corrected chi connectivity index (χ0v) is 14.0. The van der Waals surface area contributed by atoms with Crippen LogP contribution < -0.4 is 10.6 Å². The molecule has 0 aromatic heterocycles. The highest BCUT2D eigenvalue weighted by atomic mass is 35.5. The standard InChI is InChI=1S/C14H20ClN3O2S/c1-18(2)8-4-7-16-14(21)17-10-5-6-12(15)11(9-10)13(19)20-3/h5-6,9H,4,7-8H2,1-3H3,(H2,16,17,21). The number of carbonyl (C=O) groups is 1. The first-order valence-corrected chi connectivity index (χ1v) is 7.30. The normalized spacial score (nSPS) is 10.3. The molecule has 0 unspecified atom stereocenters. The van der Waals surface area contributed by atoms with Crippen LogP contribution >= 0.6 is 23.8 Å². The zero-order valence-electron chi connectivity index (χ0n) is 12.4. The Kier molecular flexibility index (Phi) is 7.42. The van der Waals surface area contributed by atoms with Crippen molar-refractivity contribution in [1.82, 2.24) is 10.2 Å². The summed E-state index contributed by atoms with van der Waals surface area (Å²) in [5, 5.41) is 6.98. The summed E-state index contributed by atoms with van der Waals surface area (Å²) in [7, 11) is 5.37. The van der Waals surface area contributed by atoms with Crippen LogP contribution in [0.1, 0.15) is 16.8 Å². The van der Waals surface area contributed by atoms with Crippen molar-refractivity contribution in [2.75, 3.05) is 39.6 Å². The van der Waals surface area contributed by atoms with Crippen LogP contribution in [0, 0.1) is 0 Å². The van der Waals surface area contributed by atoms with Crippen molar-refractivity contribution >= 4 is 40.6 Å². The molecule has 21 heavy (non-hydrogen) atoms. The predicted octanol–water partition coefficient (Wildman–Crippen LogP) is 2.36. The predicted molar refractivity (Wildman–Crippen MR) is 90.2 cm³/mol. The van der Waals surface area contributed by atoms with E-state index in [2.05, 4.69) is 20.3 Å². The molecular formula is C14H20ClN3O2S. The third-order valence-electron chi connectivity index (χ3n) is 2.70. The van der Waals surface area contributed by atoms with Gasteiger partial charge >= 0.3 is 5.97 Å². The Balaban J connectivity index is 2.54. The van der Waals surface area contributed by atoms with E-state index < -0.39 is 5.97 Å². The van der Waals surface area contributed by atoms with E-state index in [0.717, 1.165) is 19.5 Å². The highest BCUT2D eigenvalue weighted by Crippen LogP contribution is 2.21. The van der Waals surface area contributed by atoms with Gasteiger partial charge in [0, 0.05) is 12.2 Å². The smallest absolute Gasteiger partial charge is 0.339 e. The third kappa shape index (κ3) is 6.29. The van der Waals surface area contributed by atoms with Gasteiger partial charge in [-0.15, -0.1) is 0 Å². The summed E-state index contributed by atoms with van der Waals surface area (Å²) < 4.78 is 4.67. The fourth-order valence-electron chi connectivity index (χ4n) is 1.64. The molecule has 0 atom stereocenters. The first-order chi connectivity index (χ1) is 9.93. The highest BCUT2D eigenvalue weighted by Gasteiger charge is 2.11. The monoisotopic (exact) mass is 329 g/mol. The fourth-order valence-corrected chi connectivity index (χ4v) is 2.06. The number of esters is 1. The van der Waals surface area contributed by atoms with Crippen molar-refractivity contribution in [2.45, 2.75) is 6.42 Å². The molecule has 0 saturated carbocycles. The first-order valence-electron chi connectivity index (χ1n) is 6.51. The first kappa shape index (κ1) is 17.7. The second-order valence-electron chi connectivity index (χ2n) is 4.72. The largest absolute Gasteiger partial charge is 0.465 e. The minimum atomic E-state index is -0.478. The molecule has 1 aromatic carbocycles. The van der Waals surface area contributed by atoms with Gasteiger partial charge in [0.15, 0.2) is 5.11 Å². The number of hydrogen-bond donors (Lipinski definition) is 2. The summed E-state index contributed by atoms with van der Waals surface area (Å²) >= 11 is 11.2. The van der Waals surface area contributed by atoms with Crippen LogP contribution in [-0.2, 0) is 4.74 Å². The highest BCUT2D eigenvalue weighted by molar-refractivity contribution is 7.80. The lowest BCUT2D eigenvalue weighted by molar-refractivity contribution is 0.0601. The van der Waals surface area contributed by atoms with E-state index in [4.69, 9.17) is 23.8 Å². The molecule has 0 saturated heterocycles. The van der Waals surface area contributed by atoms with Crippen LogP contribution in [-0.4, -0.2) is 50.3 Å². The second-order valence-corrected chi connectivity index (χ2v) is 5.54. The third-order valence-corrected chi connectivity index (χ3v) is 3.27. The van der Waals surface area contributed by atoms with Crippen molar-refractivity contribution in [2.24, 2.45) is 0 Å². The molecule has 116 valence electrons. The van der Waals surface area contributed by atoms with Crippen molar-refractivity contribution in [1.29, 1.82) is 0 Å². The molecule has 2 N–H and O–H groups in total.